The maximum Gasteiger partial charge on any atom is 0.188 e. The average molecular weight is 325 g/mol. The van der Waals surface area contributed by atoms with Crippen molar-refractivity contribution in [3.63, 3.8) is 0 Å². The molecule has 0 unspecified atom stereocenters. The second-order valence-corrected chi connectivity index (χ2v) is 6.92. The van der Waals surface area contributed by atoms with Crippen molar-refractivity contribution in [2.45, 2.75) is 84.0 Å². The number of likely N-dealkylation sites (tertiary alicyclic amines) is 1. The minimum absolute atomic E-state index is 0.633. The molecule has 0 spiro atoms. The molecule has 0 atom stereocenters. The van der Waals surface area contributed by atoms with Gasteiger partial charge in [-0.15, -0.1) is 0 Å². The van der Waals surface area contributed by atoms with Crippen LogP contribution in [0.1, 0.15) is 84.0 Å². The SMILES string of the molecule is CCCCCCCCCCN=C(N)NCCCCN1CCCC1. The molecule has 23 heavy (non-hydrogen) atoms. The summed E-state index contributed by atoms with van der Waals surface area (Å²) in [7, 11) is 0. The fourth-order valence-electron chi connectivity index (χ4n) is 3.18. The van der Waals surface area contributed by atoms with Crippen LogP contribution in [0.5, 0.6) is 0 Å². The van der Waals surface area contributed by atoms with Crippen molar-refractivity contribution in [1.82, 2.24) is 10.2 Å². The maximum absolute atomic E-state index is 5.90. The largest absolute Gasteiger partial charge is 0.370 e. The van der Waals surface area contributed by atoms with E-state index in [-0.39, 0.29) is 0 Å². The quantitative estimate of drug-likeness (QED) is 0.289. The molecule has 1 aliphatic rings. The number of unbranched alkanes of at least 4 members (excludes halogenated alkanes) is 8. The van der Waals surface area contributed by atoms with Crippen molar-refractivity contribution < 1.29 is 0 Å². The predicted molar refractivity (Wildman–Crippen MR) is 102 cm³/mol. The molecule has 0 saturated carbocycles. The molecule has 1 rings (SSSR count). The van der Waals surface area contributed by atoms with Crippen molar-refractivity contribution in [2.24, 2.45) is 10.7 Å². The zero-order chi connectivity index (χ0) is 16.6. The van der Waals surface area contributed by atoms with Crippen LogP contribution in [0.2, 0.25) is 0 Å². The summed E-state index contributed by atoms with van der Waals surface area (Å²) in [6.45, 7) is 7.95. The Balaban J connectivity index is 1.82. The van der Waals surface area contributed by atoms with Crippen molar-refractivity contribution >= 4 is 5.96 Å². The third kappa shape index (κ3) is 12.3. The van der Waals surface area contributed by atoms with E-state index in [1.807, 2.05) is 0 Å². The van der Waals surface area contributed by atoms with Crippen LogP contribution in [0.4, 0.5) is 0 Å². The van der Waals surface area contributed by atoms with Gasteiger partial charge in [0.15, 0.2) is 5.96 Å². The highest BCUT2D eigenvalue weighted by Crippen LogP contribution is 2.09. The van der Waals surface area contributed by atoms with E-state index in [0.29, 0.717) is 5.96 Å². The van der Waals surface area contributed by atoms with Gasteiger partial charge in [0.2, 0.25) is 0 Å². The summed E-state index contributed by atoms with van der Waals surface area (Å²) in [5.74, 6) is 0.633. The second-order valence-electron chi connectivity index (χ2n) is 6.92. The molecule has 0 aromatic carbocycles. The first kappa shape index (κ1) is 20.3. The van der Waals surface area contributed by atoms with Crippen molar-refractivity contribution in [2.75, 3.05) is 32.7 Å². The number of nitrogens with zero attached hydrogens (tertiary/aromatic N) is 2. The van der Waals surface area contributed by atoms with E-state index in [4.69, 9.17) is 5.73 Å². The average Bonchev–Trinajstić information content (AvgIpc) is 3.06. The summed E-state index contributed by atoms with van der Waals surface area (Å²) in [6, 6.07) is 0. The molecular formula is C19H40N4. The van der Waals surface area contributed by atoms with Crippen molar-refractivity contribution in [1.29, 1.82) is 0 Å². The van der Waals surface area contributed by atoms with Gasteiger partial charge in [-0.3, -0.25) is 4.99 Å². The topological polar surface area (TPSA) is 53.6 Å². The summed E-state index contributed by atoms with van der Waals surface area (Å²) >= 11 is 0. The van der Waals surface area contributed by atoms with E-state index >= 15 is 0 Å². The Hall–Kier alpha value is -0.770. The molecule has 1 aliphatic heterocycles. The van der Waals surface area contributed by atoms with Crippen LogP contribution < -0.4 is 11.1 Å². The van der Waals surface area contributed by atoms with Crippen LogP contribution in [0, 0.1) is 0 Å². The Labute approximate surface area is 144 Å². The molecule has 1 heterocycles. The Morgan fingerprint density at radius 1 is 0.913 bits per heavy atom. The van der Waals surface area contributed by atoms with Gasteiger partial charge in [0.1, 0.15) is 0 Å². The lowest BCUT2D eigenvalue weighted by Gasteiger charge is -2.14. The Morgan fingerprint density at radius 2 is 1.57 bits per heavy atom. The van der Waals surface area contributed by atoms with E-state index in [1.54, 1.807) is 0 Å². The number of nitrogens with one attached hydrogen (secondary N) is 1. The second kappa shape index (κ2) is 14.8. The Bertz CT molecular complexity index is 285. The lowest BCUT2D eigenvalue weighted by molar-refractivity contribution is 0.330. The van der Waals surface area contributed by atoms with Crippen molar-refractivity contribution in [3.8, 4) is 0 Å². The van der Waals surface area contributed by atoms with Crippen LogP contribution in [-0.4, -0.2) is 43.6 Å². The summed E-state index contributed by atoms with van der Waals surface area (Å²) in [6.07, 6.45) is 15.9. The Kier molecular flexibility index (Phi) is 13.0. The predicted octanol–water partition coefficient (Wildman–Crippen LogP) is 3.91. The molecule has 0 bridgehead atoms. The fourth-order valence-corrected chi connectivity index (χ4v) is 3.18. The highest BCUT2D eigenvalue weighted by Gasteiger charge is 2.09. The number of rotatable bonds is 14. The highest BCUT2D eigenvalue weighted by atomic mass is 15.1. The minimum Gasteiger partial charge on any atom is -0.370 e. The molecule has 4 nitrogen and oxygen atoms in total. The van der Waals surface area contributed by atoms with Crippen LogP contribution in [-0.2, 0) is 0 Å². The Morgan fingerprint density at radius 3 is 2.26 bits per heavy atom. The molecule has 136 valence electrons. The number of guanidine groups is 1. The van der Waals surface area contributed by atoms with E-state index < -0.39 is 0 Å². The van der Waals surface area contributed by atoms with E-state index in [2.05, 4.69) is 22.1 Å². The van der Waals surface area contributed by atoms with Crippen LogP contribution in [0.3, 0.4) is 0 Å². The van der Waals surface area contributed by atoms with Crippen LogP contribution >= 0.6 is 0 Å². The fraction of sp³-hybridized carbons (Fsp3) is 0.947. The van der Waals surface area contributed by atoms with Crippen LogP contribution in [0.15, 0.2) is 4.99 Å². The normalized spacial score (nSPS) is 16.1. The maximum atomic E-state index is 5.90. The molecule has 0 aromatic rings. The van der Waals surface area contributed by atoms with E-state index in [0.717, 1.165) is 13.1 Å². The van der Waals surface area contributed by atoms with Gasteiger partial charge in [0.25, 0.3) is 0 Å². The molecule has 0 radical (unpaired) electrons. The number of aliphatic imine (C=N–C) groups is 1. The third-order valence-corrected chi connectivity index (χ3v) is 4.70. The first-order valence-corrected chi connectivity index (χ1v) is 10.1. The van der Waals surface area contributed by atoms with Crippen LogP contribution in [0.25, 0.3) is 0 Å². The standard InChI is InChI=1S/C19H40N4/c1-2-3-4-5-6-7-8-9-14-21-19(20)22-15-10-11-16-23-17-12-13-18-23/h2-18H2,1H3,(H3,20,21,22). The smallest absolute Gasteiger partial charge is 0.188 e. The molecule has 0 amide bonds. The molecular weight excluding hydrogens is 284 g/mol. The van der Waals surface area contributed by atoms with Gasteiger partial charge in [-0.2, -0.15) is 0 Å². The summed E-state index contributed by atoms with van der Waals surface area (Å²) in [5, 5.41) is 3.24. The summed E-state index contributed by atoms with van der Waals surface area (Å²) in [5.41, 5.74) is 5.90. The zero-order valence-corrected chi connectivity index (χ0v) is 15.5. The van der Waals surface area contributed by atoms with E-state index in [9.17, 15) is 0 Å². The van der Waals surface area contributed by atoms with Gasteiger partial charge in [0.05, 0.1) is 0 Å². The molecule has 1 fully saturated rings. The third-order valence-electron chi connectivity index (χ3n) is 4.70. The highest BCUT2D eigenvalue weighted by molar-refractivity contribution is 5.77. The van der Waals surface area contributed by atoms with Gasteiger partial charge >= 0.3 is 0 Å². The first-order valence-electron chi connectivity index (χ1n) is 10.1. The number of hydrogen-bond acceptors (Lipinski definition) is 2. The minimum atomic E-state index is 0.633. The summed E-state index contributed by atoms with van der Waals surface area (Å²) in [4.78, 5) is 6.99. The van der Waals surface area contributed by atoms with Gasteiger partial charge in [-0.1, -0.05) is 51.9 Å². The van der Waals surface area contributed by atoms with E-state index in [1.165, 1.54) is 96.7 Å². The number of hydrogen-bond donors (Lipinski definition) is 2. The molecule has 3 N–H and O–H groups in total. The van der Waals surface area contributed by atoms with Gasteiger partial charge in [-0.25, -0.2) is 0 Å². The molecule has 4 heteroatoms. The summed E-state index contributed by atoms with van der Waals surface area (Å²) < 4.78 is 0. The lowest BCUT2D eigenvalue weighted by atomic mass is 10.1. The zero-order valence-electron chi connectivity index (χ0n) is 15.5. The van der Waals surface area contributed by atoms with Gasteiger partial charge < -0.3 is 16.0 Å². The first-order chi connectivity index (χ1) is 11.3. The molecule has 1 saturated heterocycles. The lowest BCUT2D eigenvalue weighted by Crippen LogP contribution is -2.33. The molecule has 0 aromatic heterocycles. The monoisotopic (exact) mass is 324 g/mol. The number of nitrogens with two attached hydrogens (primary N) is 1. The van der Waals surface area contributed by atoms with Gasteiger partial charge in [0, 0.05) is 13.1 Å². The van der Waals surface area contributed by atoms with Gasteiger partial charge in [-0.05, 0) is 51.7 Å². The van der Waals surface area contributed by atoms with Crippen molar-refractivity contribution in [3.05, 3.63) is 0 Å². The molecule has 0 aliphatic carbocycles.